The van der Waals surface area contributed by atoms with Gasteiger partial charge in [-0.1, -0.05) is 0 Å². The van der Waals surface area contributed by atoms with Crippen molar-refractivity contribution in [3.8, 4) is 0 Å². The van der Waals surface area contributed by atoms with E-state index in [0.717, 1.165) is 6.54 Å². The van der Waals surface area contributed by atoms with Gasteiger partial charge in [0.1, 0.15) is 0 Å². The summed E-state index contributed by atoms with van der Waals surface area (Å²) in [7, 11) is 0. The van der Waals surface area contributed by atoms with Crippen LogP contribution in [0, 0.1) is 0 Å². The van der Waals surface area contributed by atoms with Crippen LogP contribution in [0.4, 0.5) is 0 Å². The topological polar surface area (TPSA) is 12.0 Å². The molecule has 0 fully saturated rings. The number of aryl methyl sites for hydroxylation is 1. The molecule has 0 spiro atoms. The van der Waals surface area contributed by atoms with E-state index in [1.807, 2.05) is 11.3 Å². The quantitative estimate of drug-likeness (QED) is 0.599. The summed E-state index contributed by atoms with van der Waals surface area (Å²) in [6.45, 7) is 2.27. The maximum atomic E-state index is 3.40. The van der Waals surface area contributed by atoms with Gasteiger partial charge < -0.3 is 5.32 Å². The van der Waals surface area contributed by atoms with E-state index in [2.05, 4.69) is 16.8 Å². The fraction of sp³-hybridized carbons (Fsp3) is 0.500. The van der Waals surface area contributed by atoms with E-state index in [1.165, 1.54) is 24.3 Å². The minimum absolute atomic E-state index is 1.09. The Balaban J connectivity index is 2.28. The van der Waals surface area contributed by atoms with Gasteiger partial charge in [-0.3, -0.25) is 0 Å². The van der Waals surface area contributed by atoms with Crippen molar-refractivity contribution in [1.29, 1.82) is 0 Å². The fourth-order valence-corrected chi connectivity index (χ4v) is 2.25. The first-order chi connectivity index (χ1) is 4.97. The Kier molecular flexibility index (Phi) is 1.74. The highest BCUT2D eigenvalue weighted by molar-refractivity contribution is 7.10. The van der Waals surface area contributed by atoms with Crippen molar-refractivity contribution in [1.82, 2.24) is 5.32 Å². The highest BCUT2D eigenvalue weighted by Gasteiger charge is 2.06. The molecule has 0 radical (unpaired) electrons. The SMILES string of the molecule is c1cc2c(s1)CNCCC2. The van der Waals surface area contributed by atoms with Crippen LogP contribution < -0.4 is 5.32 Å². The fourth-order valence-electron chi connectivity index (χ4n) is 1.35. The van der Waals surface area contributed by atoms with Crippen LogP contribution >= 0.6 is 11.3 Å². The number of fused-ring (bicyclic) bond motifs is 1. The Morgan fingerprint density at radius 2 is 2.50 bits per heavy atom. The Morgan fingerprint density at radius 1 is 1.50 bits per heavy atom. The molecule has 2 heteroatoms. The molecule has 0 saturated carbocycles. The van der Waals surface area contributed by atoms with Gasteiger partial charge in [0.25, 0.3) is 0 Å². The van der Waals surface area contributed by atoms with Gasteiger partial charge in [-0.25, -0.2) is 0 Å². The molecular formula is C8H11NS. The van der Waals surface area contributed by atoms with Gasteiger partial charge in [0.2, 0.25) is 0 Å². The molecule has 0 aromatic carbocycles. The van der Waals surface area contributed by atoms with Gasteiger partial charge in [-0.2, -0.15) is 0 Å². The van der Waals surface area contributed by atoms with Crippen molar-refractivity contribution < 1.29 is 0 Å². The molecule has 0 amide bonds. The molecule has 1 aliphatic rings. The predicted molar refractivity (Wildman–Crippen MR) is 44.3 cm³/mol. The Labute approximate surface area is 65.1 Å². The summed E-state index contributed by atoms with van der Waals surface area (Å²) in [6.07, 6.45) is 2.57. The lowest BCUT2D eigenvalue weighted by atomic mass is 10.2. The first kappa shape index (κ1) is 6.38. The van der Waals surface area contributed by atoms with Crippen molar-refractivity contribution in [2.24, 2.45) is 0 Å². The Hall–Kier alpha value is -0.340. The van der Waals surface area contributed by atoms with E-state index >= 15 is 0 Å². The summed E-state index contributed by atoms with van der Waals surface area (Å²) in [5, 5.41) is 5.59. The monoisotopic (exact) mass is 153 g/mol. The lowest BCUT2D eigenvalue weighted by molar-refractivity contribution is 0.683. The average Bonchev–Trinajstić information content (AvgIpc) is 2.28. The van der Waals surface area contributed by atoms with Crippen LogP contribution in [0.15, 0.2) is 11.4 Å². The molecule has 1 aromatic rings. The summed E-state index contributed by atoms with van der Waals surface area (Å²) < 4.78 is 0. The highest BCUT2D eigenvalue weighted by Crippen LogP contribution is 2.19. The lowest BCUT2D eigenvalue weighted by Crippen LogP contribution is -2.11. The van der Waals surface area contributed by atoms with Crippen LogP contribution in [0.3, 0.4) is 0 Å². The minimum Gasteiger partial charge on any atom is -0.312 e. The van der Waals surface area contributed by atoms with Crippen LogP contribution in [0.5, 0.6) is 0 Å². The maximum absolute atomic E-state index is 3.40. The largest absolute Gasteiger partial charge is 0.312 e. The van der Waals surface area contributed by atoms with Crippen LogP contribution in [-0.4, -0.2) is 6.54 Å². The summed E-state index contributed by atoms with van der Waals surface area (Å²) in [4.78, 5) is 1.54. The third kappa shape index (κ3) is 1.09. The second-order valence-electron chi connectivity index (χ2n) is 2.65. The average molecular weight is 153 g/mol. The van der Waals surface area contributed by atoms with Gasteiger partial charge in [0.15, 0.2) is 0 Å². The number of hydrogen-bond acceptors (Lipinski definition) is 2. The van der Waals surface area contributed by atoms with Gasteiger partial charge in [-0.05, 0) is 36.4 Å². The summed E-state index contributed by atoms with van der Waals surface area (Å²) in [5.41, 5.74) is 1.56. The molecule has 2 heterocycles. The molecule has 10 heavy (non-hydrogen) atoms. The Bertz CT molecular complexity index is 196. The van der Waals surface area contributed by atoms with Crippen molar-refractivity contribution in [3.05, 3.63) is 21.9 Å². The van der Waals surface area contributed by atoms with E-state index in [9.17, 15) is 0 Å². The van der Waals surface area contributed by atoms with E-state index < -0.39 is 0 Å². The van der Waals surface area contributed by atoms with Gasteiger partial charge in [0, 0.05) is 11.4 Å². The summed E-state index contributed by atoms with van der Waals surface area (Å²) >= 11 is 1.88. The molecule has 1 N–H and O–H groups in total. The number of hydrogen-bond donors (Lipinski definition) is 1. The van der Waals surface area contributed by atoms with Gasteiger partial charge in [0.05, 0.1) is 0 Å². The smallest absolute Gasteiger partial charge is 0.0302 e. The lowest BCUT2D eigenvalue weighted by Gasteiger charge is -1.94. The maximum Gasteiger partial charge on any atom is 0.0302 e. The van der Waals surface area contributed by atoms with E-state index in [-0.39, 0.29) is 0 Å². The van der Waals surface area contributed by atoms with Crippen molar-refractivity contribution in [2.75, 3.05) is 6.54 Å². The summed E-state index contributed by atoms with van der Waals surface area (Å²) in [5.74, 6) is 0. The standard InChI is InChI=1S/C8H11NS/c1-2-7-3-5-10-8(7)6-9-4-1/h3,5,9H,1-2,4,6H2. The summed E-state index contributed by atoms with van der Waals surface area (Å²) in [6, 6.07) is 2.26. The highest BCUT2D eigenvalue weighted by atomic mass is 32.1. The molecule has 0 aliphatic carbocycles. The molecule has 54 valence electrons. The zero-order chi connectivity index (χ0) is 6.81. The van der Waals surface area contributed by atoms with Crippen molar-refractivity contribution >= 4 is 11.3 Å². The normalized spacial score (nSPS) is 18.0. The van der Waals surface area contributed by atoms with Crippen LogP contribution in [-0.2, 0) is 13.0 Å². The third-order valence-corrected chi connectivity index (χ3v) is 2.89. The molecular weight excluding hydrogens is 142 g/mol. The zero-order valence-corrected chi connectivity index (χ0v) is 6.71. The number of nitrogens with one attached hydrogen (secondary N) is 1. The molecule has 1 aliphatic heterocycles. The van der Waals surface area contributed by atoms with E-state index in [1.54, 1.807) is 5.56 Å². The molecule has 2 rings (SSSR count). The van der Waals surface area contributed by atoms with Crippen LogP contribution in [0.2, 0.25) is 0 Å². The number of rotatable bonds is 0. The third-order valence-electron chi connectivity index (χ3n) is 1.92. The second-order valence-corrected chi connectivity index (χ2v) is 3.65. The second kappa shape index (κ2) is 2.72. The van der Waals surface area contributed by atoms with Gasteiger partial charge in [-0.15, -0.1) is 11.3 Å². The number of thiophene rings is 1. The van der Waals surface area contributed by atoms with E-state index in [4.69, 9.17) is 0 Å². The molecule has 0 saturated heterocycles. The van der Waals surface area contributed by atoms with Crippen molar-refractivity contribution in [3.63, 3.8) is 0 Å². The minimum atomic E-state index is 1.09. The van der Waals surface area contributed by atoms with Crippen LogP contribution in [0.1, 0.15) is 16.9 Å². The zero-order valence-electron chi connectivity index (χ0n) is 5.89. The van der Waals surface area contributed by atoms with E-state index in [0.29, 0.717) is 0 Å². The molecule has 0 unspecified atom stereocenters. The van der Waals surface area contributed by atoms with Crippen LogP contribution in [0.25, 0.3) is 0 Å². The molecule has 0 atom stereocenters. The Morgan fingerprint density at radius 3 is 3.50 bits per heavy atom. The molecule has 0 bridgehead atoms. The molecule has 1 aromatic heterocycles. The predicted octanol–water partition coefficient (Wildman–Crippen LogP) is 1.78. The molecule has 1 nitrogen and oxygen atoms in total. The first-order valence-electron chi connectivity index (χ1n) is 3.73. The van der Waals surface area contributed by atoms with Crippen molar-refractivity contribution in [2.45, 2.75) is 19.4 Å². The van der Waals surface area contributed by atoms with Gasteiger partial charge >= 0.3 is 0 Å². The first-order valence-corrected chi connectivity index (χ1v) is 4.61.